The average Bonchev–Trinajstić information content (AvgIpc) is 3.77. The van der Waals surface area contributed by atoms with E-state index in [2.05, 4.69) is 61.0 Å². The van der Waals surface area contributed by atoms with Crippen molar-refractivity contribution in [1.82, 2.24) is 20.9 Å². The van der Waals surface area contributed by atoms with Crippen LogP contribution in [0.1, 0.15) is 103 Å². The van der Waals surface area contributed by atoms with E-state index >= 15 is 0 Å². The lowest BCUT2D eigenvalue weighted by Gasteiger charge is -2.45. The molecule has 4 aromatic rings. The van der Waals surface area contributed by atoms with Crippen LogP contribution in [0.4, 0.5) is 0 Å². The lowest BCUT2D eigenvalue weighted by atomic mass is 9.94. The van der Waals surface area contributed by atoms with Crippen molar-refractivity contribution in [2.24, 2.45) is 0 Å². The number of rotatable bonds is 15. The highest BCUT2D eigenvalue weighted by Gasteiger charge is 2.52. The molecule has 2 heterocycles. The lowest BCUT2D eigenvalue weighted by molar-refractivity contribution is -0.144. The van der Waals surface area contributed by atoms with E-state index in [0.29, 0.717) is 45.1 Å². The number of hydrogen-bond donors (Lipinski definition) is 3. The van der Waals surface area contributed by atoms with Crippen LogP contribution in [0.15, 0.2) is 121 Å². The summed E-state index contributed by atoms with van der Waals surface area (Å²) in [7, 11) is -3.09. The summed E-state index contributed by atoms with van der Waals surface area (Å²) in [5.41, 5.74) is 0.352. The molecular weight excluding hydrogens is 781 g/mol. The molecule has 3 N–H and O–H groups in total. The maximum Gasteiger partial charge on any atom is 0.262 e. The van der Waals surface area contributed by atoms with Crippen molar-refractivity contribution < 1.29 is 28.4 Å². The number of carbonyl (C=O) groups excluding carboxylic acids is 5. The predicted molar refractivity (Wildman–Crippen MR) is 242 cm³/mol. The molecule has 0 bridgehead atoms. The normalized spacial score (nSPS) is 21.9. The maximum atomic E-state index is 14.5. The van der Waals surface area contributed by atoms with E-state index in [-0.39, 0.29) is 41.9 Å². The third kappa shape index (κ3) is 10.4. The average molecular weight is 843 g/mol. The number of hydrogen-bond acceptors (Lipinski definition) is 6. The van der Waals surface area contributed by atoms with Gasteiger partial charge in [0.05, 0.1) is 0 Å². The van der Waals surface area contributed by atoms with Gasteiger partial charge in [0, 0.05) is 19.4 Å². The Morgan fingerprint density at radius 3 is 1.92 bits per heavy atom. The number of nitrogens with zero attached hydrogens (tertiary/aromatic N) is 1. The molecule has 61 heavy (non-hydrogen) atoms. The molecule has 4 aromatic carbocycles. The van der Waals surface area contributed by atoms with Crippen LogP contribution in [0.5, 0.6) is 0 Å². The molecule has 0 aliphatic carbocycles. The molecule has 2 fully saturated rings. The van der Waals surface area contributed by atoms with Crippen LogP contribution in [0, 0.1) is 0 Å². The Balaban J connectivity index is 1.17. The number of nitrogens with one attached hydrogen (secondary N) is 3. The maximum absolute atomic E-state index is 14.5. The van der Waals surface area contributed by atoms with Crippen molar-refractivity contribution in [2.75, 3.05) is 6.54 Å². The second-order valence-electron chi connectivity index (χ2n) is 17.8. The zero-order chi connectivity index (χ0) is 43.6. The summed E-state index contributed by atoms with van der Waals surface area (Å²) in [6, 6.07) is 37.2. The molecule has 10 nitrogen and oxygen atoms in total. The molecule has 5 atom stereocenters. The van der Waals surface area contributed by atoms with E-state index in [1.54, 1.807) is 18.7 Å². The Morgan fingerprint density at radius 2 is 1.34 bits per heavy atom. The monoisotopic (exact) mass is 842 g/mol. The van der Waals surface area contributed by atoms with E-state index < -0.39 is 49.9 Å². The first-order valence-corrected chi connectivity index (χ1v) is 23.8. The summed E-state index contributed by atoms with van der Waals surface area (Å²) in [5, 5.41) is 10.7. The minimum absolute atomic E-state index is 0.0162. The van der Waals surface area contributed by atoms with E-state index in [1.807, 2.05) is 97.1 Å². The van der Waals surface area contributed by atoms with Crippen LogP contribution >= 0.6 is 0 Å². The largest absolute Gasteiger partial charge is 0.393 e. The molecule has 4 amide bonds. The number of fused-ring (bicyclic) bond motifs is 1. The van der Waals surface area contributed by atoms with Gasteiger partial charge in [-0.2, -0.15) is 0 Å². The Hall–Kier alpha value is -5.39. The molecule has 2 aliphatic rings. The van der Waals surface area contributed by atoms with Crippen LogP contribution in [0.3, 0.4) is 0 Å². The van der Waals surface area contributed by atoms with Gasteiger partial charge >= 0.3 is 0 Å². The molecule has 0 unspecified atom stereocenters. The number of unbranched alkanes of at least 4 members (excludes halogenated alkanes) is 2. The first-order chi connectivity index (χ1) is 29.3. The van der Waals surface area contributed by atoms with Crippen LogP contribution in [0.2, 0.25) is 5.04 Å². The number of Topliss-reactive ketones (excluding diaryl/α,β-unsaturated/α-hetero) is 1. The van der Waals surface area contributed by atoms with E-state index in [4.69, 9.17) is 4.43 Å². The molecule has 322 valence electrons. The van der Waals surface area contributed by atoms with Gasteiger partial charge in [0.25, 0.3) is 8.32 Å². The molecule has 0 spiro atoms. The SMILES string of the molecule is CC[C@@]1(C)NC(=O)[C@H](CCCCCC(=O)[C@H](O[Si](c2ccccc2)(c2ccccc2)C(C)(C)C)c2ccccc2)NC(=O)[C@H]2CCCN2C(=O)[C@H](Cc2ccccc2)NC1=O. The summed E-state index contributed by atoms with van der Waals surface area (Å²) >= 11 is 0. The summed E-state index contributed by atoms with van der Waals surface area (Å²) in [4.78, 5) is 72.0. The highest BCUT2D eigenvalue weighted by Crippen LogP contribution is 2.40. The van der Waals surface area contributed by atoms with Crippen molar-refractivity contribution >= 4 is 48.1 Å². The van der Waals surface area contributed by atoms with Crippen molar-refractivity contribution in [1.29, 1.82) is 0 Å². The van der Waals surface area contributed by atoms with Gasteiger partial charge in [0.1, 0.15) is 29.8 Å². The lowest BCUT2D eigenvalue weighted by Crippen LogP contribution is -2.67. The Labute approximate surface area is 362 Å². The zero-order valence-corrected chi connectivity index (χ0v) is 37.3. The van der Waals surface area contributed by atoms with E-state index in [0.717, 1.165) is 21.5 Å². The van der Waals surface area contributed by atoms with Gasteiger partial charge in [-0.1, -0.05) is 162 Å². The first kappa shape index (κ1) is 45.1. The molecule has 0 saturated carbocycles. The van der Waals surface area contributed by atoms with Crippen molar-refractivity contribution in [3.63, 3.8) is 0 Å². The van der Waals surface area contributed by atoms with Gasteiger partial charge in [-0.3, -0.25) is 24.0 Å². The van der Waals surface area contributed by atoms with Gasteiger partial charge in [-0.25, -0.2) is 0 Å². The number of carbonyl (C=O) groups is 5. The topological polar surface area (TPSA) is 134 Å². The number of ketones is 1. The standard InChI is InChI=1S/C50H62N4O6Si/c1-6-50(5)48(59)52-41(35-36-23-12-7-13-24-36)47(58)54-34-22-32-42(54)46(57)51-40(45(56)53-50)31-20-11-21-33-43(55)44(37-25-14-8-15-26-37)60-61(49(2,3)4,38-27-16-9-17-28-38)39-29-18-10-19-30-39/h7-10,12-19,23-30,40-42,44H,6,11,20-22,31-35H2,1-5H3,(H,51,57)(H,52,59)(H,53,56)/t40-,41-,42+,44+,50+/m0/s1. The van der Waals surface area contributed by atoms with Crippen molar-refractivity contribution in [3.8, 4) is 0 Å². The van der Waals surface area contributed by atoms with Gasteiger partial charge in [-0.15, -0.1) is 0 Å². The minimum Gasteiger partial charge on any atom is -0.393 e. The smallest absolute Gasteiger partial charge is 0.262 e. The van der Waals surface area contributed by atoms with Crippen molar-refractivity contribution in [2.45, 2.75) is 127 Å². The van der Waals surface area contributed by atoms with Crippen molar-refractivity contribution in [3.05, 3.63) is 132 Å². The molecule has 11 heteroatoms. The molecule has 6 rings (SSSR count). The molecule has 0 radical (unpaired) electrons. The van der Waals surface area contributed by atoms with Gasteiger partial charge in [-0.05, 0) is 65.6 Å². The summed E-state index contributed by atoms with van der Waals surface area (Å²) in [6.45, 7) is 10.4. The molecule has 2 saturated heterocycles. The summed E-state index contributed by atoms with van der Waals surface area (Å²) in [5.74, 6) is -1.61. The third-order valence-electron chi connectivity index (χ3n) is 12.5. The molecular formula is C50H62N4O6Si. The Bertz CT molecular complexity index is 2070. The molecule has 2 aliphatic heterocycles. The van der Waals surface area contributed by atoms with Crippen LogP contribution in [0.25, 0.3) is 0 Å². The predicted octanol–water partition coefficient (Wildman–Crippen LogP) is 6.33. The zero-order valence-electron chi connectivity index (χ0n) is 36.3. The summed E-state index contributed by atoms with van der Waals surface area (Å²) in [6.07, 6.45) is 3.10. The van der Waals surface area contributed by atoms with Crippen LogP contribution in [-0.2, 0) is 34.8 Å². The fourth-order valence-corrected chi connectivity index (χ4v) is 13.5. The second-order valence-corrected chi connectivity index (χ2v) is 22.0. The summed E-state index contributed by atoms with van der Waals surface area (Å²) < 4.78 is 7.41. The van der Waals surface area contributed by atoms with Crippen LogP contribution < -0.4 is 26.3 Å². The number of amides is 4. The highest BCUT2D eigenvalue weighted by atomic mass is 28.4. The van der Waals surface area contributed by atoms with E-state index in [9.17, 15) is 24.0 Å². The van der Waals surface area contributed by atoms with Gasteiger partial charge in [0.2, 0.25) is 23.6 Å². The van der Waals surface area contributed by atoms with Gasteiger partial charge < -0.3 is 25.3 Å². The minimum atomic E-state index is -3.09. The fraction of sp³-hybridized carbons (Fsp3) is 0.420. The second kappa shape index (κ2) is 20.0. The first-order valence-electron chi connectivity index (χ1n) is 21.9. The van der Waals surface area contributed by atoms with Gasteiger partial charge in [0.15, 0.2) is 5.78 Å². The number of benzene rings is 4. The quantitative estimate of drug-likeness (QED) is 0.0948. The molecule has 0 aromatic heterocycles. The highest BCUT2D eigenvalue weighted by molar-refractivity contribution is 6.99. The Morgan fingerprint density at radius 1 is 0.770 bits per heavy atom. The third-order valence-corrected chi connectivity index (χ3v) is 17.5. The fourth-order valence-electron chi connectivity index (χ4n) is 8.84. The Kier molecular flexibility index (Phi) is 14.8. The van der Waals surface area contributed by atoms with E-state index in [1.165, 1.54) is 0 Å². The van der Waals surface area contributed by atoms with Crippen LogP contribution in [-0.4, -0.2) is 72.8 Å².